The molecule has 4 heteroatoms. The number of hydrogen-bond acceptors (Lipinski definition) is 1. The summed E-state index contributed by atoms with van der Waals surface area (Å²) >= 11 is 0. The number of halogens is 3. The van der Waals surface area contributed by atoms with Gasteiger partial charge in [0.05, 0.1) is 0 Å². The molecule has 0 saturated heterocycles. The van der Waals surface area contributed by atoms with Crippen LogP contribution < -0.4 is 4.74 Å². The fourth-order valence-corrected chi connectivity index (χ4v) is 1.90. The Kier molecular flexibility index (Phi) is 2.89. The van der Waals surface area contributed by atoms with Crippen LogP contribution >= 0.6 is 0 Å². The zero-order chi connectivity index (χ0) is 12.6. The Morgan fingerprint density at radius 1 is 1.29 bits per heavy atom. The van der Waals surface area contributed by atoms with Crippen molar-refractivity contribution in [3.63, 3.8) is 0 Å². The van der Waals surface area contributed by atoms with Crippen LogP contribution in [-0.4, -0.2) is 12.3 Å². The Labute approximate surface area is 97.9 Å². The molecule has 0 saturated carbocycles. The highest BCUT2D eigenvalue weighted by Crippen LogP contribution is 2.35. The van der Waals surface area contributed by atoms with Gasteiger partial charge in [0.1, 0.15) is 5.75 Å². The number of benzene rings is 1. The van der Waals surface area contributed by atoms with Gasteiger partial charge in [-0.25, -0.2) is 0 Å². The molecule has 1 nitrogen and oxygen atoms in total. The van der Waals surface area contributed by atoms with Crippen molar-refractivity contribution in [1.29, 1.82) is 0 Å². The van der Waals surface area contributed by atoms with Crippen LogP contribution in [0.5, 0.6) is 5.75 Å². The Hall–Kier alpha value is -1.45. The van der Waals surface area contributed by atoms with E-state index in [4.69, 9.17) is 4.74 Å². The van der Waals surface area contributed by atoms with E-state index in [2.05, 4.69) is 0 Å². The Bertz CT molecular complexity index is 460. The Morgan fingerprint density at radius 2 is 2.00 bits per heavy atom. The predicted octanol–water partition coefficient (Wildman–Crippen LogP) is 3.89. The van der Waals surface area contributed by atoms with Crippen LogP contribution in [0.3, 0.4) is 0 Å². The first kappa shape index (κ1) is 12.0. The molecular weight excluding hydrogens is 229 g/mol. The number of alkyl halides is 3. The van der Waals surface area contributed by atoms with Gasteiger partial charge in [-0.3, -0.25) is 0 Å². The number of fused-ring (bicyclic) bond motifs is 1. The van der Waals surface area contributed by atoms with Crippen LogP contribution in [0.25, 0.3) is 6.08 Å². The lowest BCUT2D eigenvalue weighted by Crippen LogP contribution is -2.34. The van der Waals surface area contributed by atoms with E-state index >= 15 is 0 Å². The number of hydrogen-bond donors (Lipinski definition) is 0. The van der Waals surface area contributed by atoms with Crippen LogP contribution in [0.1, 0.15) is 23.6 Å². The molecule has 17 heavy (non-hydrogen) atoms. The van der Waals surface area contributed by atoms with Gasteiger partial charge in [-0.05, 0) is 36.6 Å². The molecule has 0 aromatic heterocycles. The van der Waals surface area contributed by atoms with E-state index in [1.54, 1.807) is 6.92 Å². The lowest BCUT2D eigenvalue weighted by Gasteiger charge is -2.25. The highest BCUT2D eigenvalue weighted by Gasteiger charge is 2.41. The number of aryl methyl sites for hydroxylation is 2. The smallest absolute Gasteiger partial charge is 0.429 e. The zero-order valence-corrected chi connectivity index (χ0v) is 9.64. The second-order valence-electron chi connectivity index (χ2n) is 4.12. The second-order valence-corrected chi connectivity index (χ2v) is 4.12. The third-order valence-electron chi connectivity index (χ3n) is 2.79. The topological polar surface area (TPSA) is 9.23 Å². The minimum Gasteiger partial charge on any atom is -0.476 e. The molecule has 0 amide bonds. The standard InChI is InChI=1S/C13H13F3O/c1-3-9-6-8(2)12-10(7-9)4-5-11(17-12)13(14,15)16/h4-7,11H,3H2,1-2H3. The van der Waals surface area contributed by atoms with Crippen LogP contribution in [0, 0.1) is 6.92 Å². The van der Waals surface area contributed by atoms with Gasteiger partial charge in [0.25, 0.3) is 0 Å². The summed E-state index contributed by atoms with van der Waals surface area (Å²) in [6.07, 6.45) is -2.79. The molecule has 1 unspecified atom stereocenters. The molecule has 1 aromatic carbocycles. The van der Waals surface area contributed by atoms with E-state index in [1.807, 2.05) is 19.1 Å². The number of ether oxygens (including phenoxy) is 1. The van der Waals surface area contributed by atoms with Crippen LogP contribution in [-0.2, 0) is 6.42 Å². The first-order valence-electron chi connectivity index (χ1n) is 5.47. The lowest BCUT2D eigenvalue weighted by atomic mass is 10.0. The molecule has 1 aromatic rings. The SMILES string of the molecule is CCc1cc(C)c2c(c1)C=CC(C(F)(F)F)O2. The predicted molar refractivity (Wildman–Crippen MR) is 60.1 cm³/mol. The first-order valence-corrected chi connectivity index (χ1v) is 5.47. The van der Waals surface area contributed by atoms with E-state index in [9.17, 15) is 13.2 Å². The molecule has 0 fully saturated rings. The monoisotopic (exact) mass is 242 g/mol. The van der Waals surface area contributed by atoms with Gasteiger partial charge >= 0.3 is 6.18 Å². The van der Waals surface area contributed by atoms with Gasteiger partial charge < -0.3 is 4.74 Å². The van der Waals surface area contributed by atoms with Gasteiger partial charge in [-0.1, -0.05) is 19.1 Å². The molecule has 1 atom stereocenters. The summed E-state index contributed by atoms with van der Waals surface area (Å²) < 4.78 is 42.6. The molecular formula is C13H13F3O. The minimum absolute atomic E-state index is 0.340. The van der Waals surface area contributed by atoms with Crippen molar-refractivity contribution in [2.24, 2.45) is 0 Å². The van der Waals surface area contributed by atoms with Crippen molar-refractivity contribution in [3.8, 4) is 5.75 Å². The quantitative estimate of drug-likeness (QED) is 0.725. The molecule has 0 spiro atoms. The summed E-state index contributed by atoms with van der Waals surface area (Å²) in [6, 6.07) is 3.73. The highest BCUT2D eigenvalue weighted by molar-refractivity contribution is 5.63. The number of rotatable bonds is 1. The fourth-order valence-electron chi connectivity index (χ4n) is 1.90. The fraction of sp³-hybridized carbons (Fsp3) is 0.385. The van der Waals surface area contributed by atoms with Crippen LogP contribution in [0.2, 0.25) is 0 Å². The van der Waals surface area contributed by atoms with Crippen molar-refractivity contribution < 1.29 is 17.9 Å². The van der Waals surface area contributed by atoms with Crippen molar-refractivity contribution in [1.82, 2.24) is 0 Å². The summed E-state index contributed by atoms with van der Waals surface area (Å²) in [4.78, 5) is 0. The molecule has 0 aliphatic carbocycles. The van der Waals surface area contributed by atoms with Gasteiger partial charge in [-0.2, -0.15) is 13.2 Å². The summed E-state index contributed by atoms with van der Waals surface area (Å²) in [5, 5.41) is 0. The van der Waals surface area contributed by atoms with E-state index in [-0.39, 0.29) is 0 Å². The molecule has 1 aliphatic rings. The normalized spacial score (nSPS) is 18.8. The molecule has 92 valence electrons. The Balaban J connectivity index is 2.40. The third kappa shape index (κ3) is 2.30. The van der Waals surface area contributed by atoms with E-state index in [0.29, 0.717) is 5.75 Å². The van der Waals surface area contributed by atoms with Gasteiger partial charge in [-0.15, -0.1) is 0 Å². The molecule has 1 heterocycles. The maximum absolute atomic E-state index is 12.5. The summed E-state index contributed by atoms with van der Waals surface area (Å²) in [6.45, 7) is 3.78. The van der Waals surface area contributed by atoms with Crippen molar-refractivity contribution in [2.75, 3.05) is 0 Å². The maximum atomic E-state index is 12.5. The second kappa shape index (κ2) is 4.09. The first-order chi connectivity index (χ1) is 7.91. The third-order valence-corrected chi connectivity index (χ3v) is 2.79. The largest absolute Gasteiger partial charge is 0.476 e. The van der Waals surface area contributed by atoms with E-state index in [1.165, 1.54) is 6.08 Å². The average molecular weight is 242 g/mol. The van der Waals surface area contributed by atoms with Gasteiger partial charge in [0.15, 0.2) is 0 Å². The molecule has 1 aliphatic heterocycles. The summed E-state index contributed by atoms with van der Waals surface area (Å²) in [5.41, 5.74) is 2.57. The van der Waals surface area contributed by atoms with Crippen molar-refractivity contribution in [2.45, 2.75) is 32.5 Å². The average Bonchev–Trinajstić information content (AvgIpc) is 2.27. The molecule has 0 N–H and O–H groups in total. The minimum atomic E-state index is -4.36. The molecule has 2 rings (SSSR count). The zero-order valence-electron chi connectivity index (χ0n) is 9.64. The Morgan fingerprint density at radius 3 is 2.59 bits per heavy atom. The maximum Gasteiger partial charge on any atom is 0.429 e. The lowest BCUT2D eigenvalue weighted by molar-refractivity contribution is -0.180. The van der Waals surface area contributed by atoms with Gasteiger partial charge in [0.2, 0.25) is 6.10 Å². The molecule has 0 radical (unpaired) electrons. The van der Waals surface area contributed by atoms with Gasteiger partial charge in [0, 0.05) is 5.56 Å². The van der Waals surface area contributed by atoms with Crippen LogP contribution in [0.15, 0.2) is 18.2 Å². The highest BCUT2D eigenvalue weighted by atomic mass is 19.4. The van der Waals surface area contributed by atoms with E-state index < -0.39 is 12.3 Å². The van der Waals surface area contributed by atoms with E-state index in [0.717, 1.165) is 29.2 Å². The molecule has 0 bridgehead atoms. The van der Waals surface area contributed by atoms with Crippen molar-refractivity contribution >= 4 is 6.08 Å². The summed E-state index contributed by atoms with van der Waals surface area (Å²) in [5.74, 6) is 0.340. The van der Waals surface area contributed by atoms with Crippen molar-refractivity contribution in [3.05, 3.63) is 34.9 Å². The summed E-state index contributed by atoms with van der Waals surface area (Å²) in [7, 11) is 0. The van der Waals surface area contributed by atoms with Crippen LogP contribution in [0.4, 0.5) is 13.2 Å².